The lowest BCUT2D eigenvalue weighted by Gasteiger charge is -2.47. The molecule has 0 bridgehead atoms. The molecule has 6 rings (SSSR count). The van der Waals surface area contributed by atoms with Gasteiger partial charge in [0.15, 0.2) is 0 Å². The van der Waals surface area contributed by atoms with E-state index in [9.17, 15) is 24.3 Å². The normalized spacial score (nSPS) is 25.6. The van der Waals surface area contributed by atoms with E-state index in [-0.39, 0.29) is 42.0 Å². The van der Waals surface area contributed by atoms with Crippen molar-refractivity contribution in [3.8, 4) is 17.2 Å². The second kappa shape index (κ2) is 8.48. The Morgan fingerprint density at radius 2 is 1.62 bits per heavy atom. The largest absolute Gasteiger partial charge is 0.508 e. The van der Waals surface area contributed by atoms with Crippen molar-refractivity contribution < 1.29 is 24.2 Å². The van der Waals surface area contributed by atoms with Crippen LogP contribution < -0.4 is 25.8 Å². The number of carbonyl (C=O) groups is 2. The van der Waals surface area contributed by atoms with Crippen LogP contribution in [0.2, 0.25) is 0 Å². The molecule has 3 aromatic rings. The van der Waals surface area contributed by atoms with Gasteiger partial charge in [-0.3, -0.25) is 9.59 Å². The Morgan fingerprint density at radius 1 is 0.974 bits per heavy atom. The Hall–Kier alpha value is -4.54. The molecule has 1 saturated heterocycles. The highest BCUT2D eigenvalue weighted by Gasteiger charge is 2.66. The van der Waals surface area contributed by atoms with E-state index in [4.69, 9.17) is 9.47 Å². The lowest BCUT2D eigenvalue weighted by molar-refractivity contribution is -0.129. The number of carbonyl (C=O) groups excluding carboxylic acids is 2. The fourth-order valence-corrected chi connectivity index (χ4v) is 6.73. The van der Waals surface area contributed by atoms with Gasteiger partial charge in [-0.15, -0.1) is 0 Å². The summed E-state index contributed by atoms with van der Waals surface area (Å²) in [6, 6.07) is 10.9. The summed E-state index contributed by atoms with van der Waals surface area (Å²) in [5, 5.41) is 10.4. The summed E-state index contributed by atoms with van der Waals surface area (Å²) >= 11 is 0. The van der Waals surface area contributed by atoms with Gasteiger partial charge in [0.25, 0.3) is 0 Å². The van der Waals surface area contributed by atoms with Gasteiger partial charge in [-0.05, 0) is 31.1 Å². The molecular weight excluding hydrogens is 504 g/mol. The molecule has 0 unspecified atom stereocenters. The van der Waals surface area contributed by atoms with Gasteiger partial charge in [-0.2, -0.15) is 0 Å². The Balaban J connectivity index is 1.65. The first-order chi connectivity index (χ1) is 18.6. The number of aromatic nitrogens is 3. The zero-order valence-corrected chi connectivity index (χ0v) is 22.0. The molecule has 39 heavy (non-hydrogen) atoms. The van der Waals surface area contributed by atoms with Crippen molar-refractivity contribution in [2.75, 3.05) is 19.1 Å². The first-order valence-electron chi connectivity index (χ1n) is 12.6. The summed E-state index contributed by atoms with van der Waals surface area (Å²) in [5.74, 6) is -1.89. The predicted octanol–water partition coefficient (Wildman–Crippen LogP) is 1.94. The topological polar surface area (TPSA) is 125 Å². The summed E-state index contributed by atoms with van der Waals surface area (Å²) in [5.41, 5.74) is -0.596. The van der Waals surface area contributed by atoms with Crippen molar-refractivity contribution >= 4 is 17.5 Å². The van der Waals surface area contributed by atoms with Crippen molar-refractivity contribution in [2.45, 2.75) is 31.8 Å². The second-order valence-corrected chi connectivity index (χ2v) is 10.4. The van der Waals surface area contributed by atoms with Gasteiger partial charge < -0.3 is 14.6 Å². The third-order valence-corrected chi connectivity index (χ3v) is 8.56. The highest BCUT2D eigenvalue weighted by atomic mass is 16.5. The van der Waals surface area contributed by atoms with Gasteiger partial charge in [-0.1, -0.05) is 24.3 Å². The Morgan fingerprint density at radius 3 is 2.23 bits per heavy atom. The minimum Gasteiger partial charge on any atom is -0.508 e. The molecule has 2 aliphatic heterocycles. The highest BCUT2D eigenvalue weighted by Crippen LogP contribution is 2.63. The van der Waals surface area contributed by atoms with Crippen LogP contribution in [0.4, 0.5) is 5.69 Å². The smallest absolute Gasteiger partial charge is 0.347 e. The Bertz CT molecular complexity index is 1660. The predicted molar refractivity (Wildman–Crippen MR) is 140 cm³/mol. The molecule has 11 heteroatoms. The standard InChI is InChI=1S/C28H28N4O7/c1-28-18(24(34)31(25(28)35)15-8-6-5-7-9-15)14-19-17(10-11-30-26(36)29(2)27(37)32(19)30)23(28)22-20(38-3)12-16(33)13-21(22)39-4/h5-10,12-13,18-19,23,33H,11,14H2,1-4H3/t18-,19+,23+,28+/m0/s1. The van der Waals surface area contributed by atoms with Crippen LogP contribution in [-0.4, -0.2) is 45.1 Å². The summed E-state index contributed by atoms with van der Waals surface area (Å²) in [7, 11) is 4.31. The molecule has 202 valence electrons. The van der Waals surface area contributed by atoms with E-state index in [2.05, 4.69) is 0 Å². The lowest BCUT2D eigenvalue weighted by atomic mass is 9.56. The number of hydrogen-bond acceptors (Lipinski definition) is 7. The van der Waals surface area contributed by atoms with Crippen molar-refractivity contribution in [3.05, 3.63) is 80.6 Å². The number of benzene rings is 2. The minimum absolute atomic E-state index is 0.0907. The molecule has 4 atom stereocenters. The van der Waals surface area contributed by atoms with E-state index in [0.717, 1.165) is 4.57 Å². The number of nitrogens with zero attached hydrogens (tertiary/aromatic N) is 4. The summed E-state index contributed by atoms with van der Waals surface area (Å²) in [6.45, 7) is 1.88. The van der Waals surface area contributed by atoms with E-state index in [1.165, 1.54) is 47.7 Å². The molecular formula is C28H28N4O7. The first kappa shape index (κ1) is 24.8. The quantitative estimate of drug-likeness (QED) is 0.402. The van der Waals surface area contributed by atoms with Crippen LogP contribution in [0.25, 0.3) is 0 Å². The monoisotopic (exact) mass is 532 g/mol. The van der Waals surface area contributed by atoms with Crippen molar-refractivity contribution in [1.29, 1.82) is 0 Å². The molecule has 3 aliphatic rings. The second-order valence-electron chi connectivity index (χ2n) is 10.4. The number of rotatable bonds is 4. The minimum atomic E-state index is -1.28. The zero-order valence-electron chi connectivity index (χ0n) is 22.0. The molecule has 2 fully saturated rings. The molecule has 2 aromatic carbocycles. The number of anilines is 1. The number of methoxy groups -OCH3 is 2. The third-order valence-electron chi connectivity index (χ3n) is 8.56. The number of phenolic OH excluding ortho intramolecular Hbond substituents is 1. The number of amides is 2. The highest BCUT2D eigenvalue weighted by molar-refractivity contribution is 6.24. The van der Waals surface area contributed by atoms with Gasteiger partial charge in [0.1, 0.15) is 17.2 Å². The molecule has 11 nitrogen and oxygen atoms in total. The van der Waals surface area contributed by atoms with E-state index < -0.39 is 34.7 Å². The van der Waals surface area contributed by atoms with Gasteiger partial charge in [0.2, 0.25) is 11.8 Å². The number of imide groups is 1. The fourth-order valence-electron chi connectivity index (χ4n) is 6.73. The van der Waals surface area contributed by atoms with Crippen LogP contribution >= 0.6 is 0 Å². The first-order valence-corrected chi connectivity index (χ1v) is 12.6. The molecule has 0 radical (unpaired) electrons. The number of phenols is 1. The molecule has 1 saturated carbocycles. The maximum absolute atomic E-state index is 14.4. The molecule has 2 amide bonds. The maximum Gasteiger partial charge on any atom is 0.347 e. The number of para-hydroxylation sites is 1. The number of hydrogen-bond donors (Lipinski definition) is 1. The number of fused-ring (bicyclic) bond motifs is 4. The van der Waals surface area contributed by atoms with E-state index in [1.54, 1.807) is 37.3 Å². The summed E-state index contributed by atoms with van der Waals surface area (Å²) in [4.78, 5) is 55.7. The summed E-state index contributed by atoms with van der Waals surface area (Å²) < 4.78 is 15.2. The maximum atomic E-state index is 14.4. The average Bonchev–Trinajstić information content (AvgIpc) is 3.28. The van der Waals surface area contributed by atoms with Gasteiger partial charge >= 0.3 is 11.4 Å². The molecule has 1 aliphatic carbocycles. The van der Waals surface area contributed by atoms with Crippen molar-refractivity contribution in [1.82, 2.24) is 13.9 Å². The molecule has 0 spiro atoms. The van der Waals surface area contributed by atoms with Crippen molar-refractivity contribution in [2.24, 2.45) is 18.4 Å². The molecule has 1 aromatic heterocycles. The van der Waals surface area contributed by atoms with Crippen LogP contribution in [0.5, 0.6) is 17.2 Å². The van der Waals surface area contributed by atoms with Gasteiger partial charge in [0, 0.05) is 30.7 Å². The van der Waals surface area contributed by atoms with Crippen LogP contribution in [0.3, 0.4) is 0 Å². The van der Waals surface area contributed by atoms with Crippen LogP contribution in [-0.2, 0) is 23.2 Å². The number of allylic oxidation sites excluding steroid dienone is 2. The van der Waals surface area contributed by atoms with E-state index in [1.807, 2.05) is 6.08 Å². The fraction of sp³-hybridized carbons (Fsp3) is 0.357. The van der Waals surface area contributed by atoms with Gasteiger partial charge in [0.05, 0.1) is 43.8 Å². The van der Waals surface area contributed by atoms with Crippen LogP contribution in [0.1, 0.15) is 30.9 Å². The molecule has 1 N–H and O–H groups in total. The number of ether oxygens (including phenoxy) is 2. The SMILES string of the molecule is COc1cc(O)cc(OC)c1[C@H]1C2=CCn3c(=O)n(C)c(=O)n3[C@@H]2C[C@H]2C(=O)N(c3ccccc3)C(=O)[C@@]12C. The van der Waals surface area contributed by atoms with Crippen LogP contribution in [0, 0.1) is 11.3 Å². The Labute approximate surface area is 223 Å². The van der Waals surface area contributed by atoms with Gasteiger partial charge in [-0.25, -0.2) is 28.4 Å². The molecule has 3 heterocycles. The number of aromatic hydroxyl groups is 1. The summed E-state index contributed by atoms with van der Waals surface area (Å²) in [6.07, 6.45) is 2.01. The average molecular weight is 533 g/mol. The van der Waals surface area contributed by atoms with Crippen LogP contribution in [0.15, 0.2) is 63.7 Å². The van der Waals surface area contributed by atoms with E-state index >= 15 is 0 Å². The Kier molecular flexibility index (Phi) is 5.39. The van der Waals surface area contributed by atoms with Crippen molar-refractivity contribution in [3.63, 3.8) is 0 Å². The zero-order chi connectivity index (χ0) is 27.8. The third kappa shape index (κ3) is 3.15. The lowest BCUT2D eigenvalue weighted by Crippen LogP contribution is -2.49. The van der Waals surface area contributed by atoms with E-state index in [0.29, 0.717) is 16.8 Å².